The molecule has 114 valence electrons. The van der Waals surface area contributed by atoms with Crippen LogP contribution in [0.4, 0.5) is 4.79 Å². The summed E-state index contributed by atoms with van der Waals surface area (Å²) in [7, 11) is 1.71. The number of likely N-dealkylation sites (tertiary alicyclic amines) is 1. The van der Waals surface area contributed by atoms with Crippen molar-refractivity contribution in [1.29, 1.82) is 0 Å². The van der Waals surface area contributed by atoms with Crippen molar-refractivity contribution in [3.63, 3.8) is 0 Å². The van der Waals surface area contributed by atoms with Gasteiger partial charge in [-0.1, -0.05) is 19.3 Å². The molecule has 2 heterocycles. The van der Waals surface area contributed by atoms with Gasteiger partial charge in [-0.05, 0) is 31.1 Å². The number of urea groups is 1. The molecule has 2 aliphatic carbocycles. The fraction of sp³-hybridized carbons (Fsp3) is 0.800. The maximum absolute atomic E-state index is 12.7. The molecule has 6 nitrogen and oxygen atoms in total. The van der Waals surface area contributed by atoms with Gasteiger partial charge in [0.25, 0.3) is 5.91 Å². The Morgan fingerprint density at radius 1 is 1.10 bits per heavy atom. The molecular weight excluding hydrogens is 270 g/mol. The topological polar surface area (TPSA) is 69.7 Å². The molecule has 4 aliphatic rings. The number of carbonyl (C=O) groups excluding carboxylic acids is 3. The van der Waals surface area contributed by atoms with Gasteiger partial charge >= 0.3 is 6.03 Å². The van der Waals surface area contributed by atoms with Gasteiger partial charge in [-0.3, -0.25) is 9.59 Å². The molecule has 1 unspecified atom stereocenters. The van der Waals surface area contributed by atoms with Crippen molar-refractivity contribution in [3.8, 4) is 0 Å². The number of likely N-dealkylation sites (N-methyl/N-ethyl adjacent to an activating group) is 1. The molecule has 0 bridgehead atoms. The molecule has 21 heavy (non-hydrogen) atoms. The zero-order valence-corrected chi connectivity index (χ0v) is 12.3. The van der Waals surface area contributed by atoms with Crippen LogP contribution in [0.2, 0.25) is 0 Å². The average molecular weight is 291 g/mol. The summed E-state index contributed by atoms with van der Waals surface area (Å²) in [5.74, 6) is 1.03. The third-order valence-corrected chi connectivity index (χ3v) is 5.94. The number of imide groups is 1. The van der Waals surface area contributed by atoms with Crippen molar-refractivity contribution in [2.45, 2.75) is 50.1 Å². The van der Waals surface area contributed by atoms with E-state index in [4.69, 9.17) is 0 Å². The minimum atomic E-state index is -0.696. The predicted molar refractivity (Wildman–Crippen MR) is 74.2 cm³/mol. The lowest BCUT2D eigenvalue weighted by atomic mass is 9.58. The monoisotopic (exact) mass is 291 g/mol. The van der Waals surface area contributed by atoms with Crippen LogP contribution in [0.3, 0.4) is 0 Å². The smallest absolute Gasteiger partial charge is 0.325 e. The van der Waals surface area contributed by atoms with E-state index in [9.17, 15) is 14.4 Å². The fourth-order valence-corrected chi connectivity index (χ4v) is 4.32. The standard InChI is InChI=1S/C15H21N3O3/c1-17-6-5-11(12(17)19)18-13(20)15(16-14(18)21)7-10(8-15)9-3-2-4-9/h9-11H,2-8H2,1H3,(H,16,21). The van der Waals surface area contributed by atoms with Crippen LogP contribution in [-0.2, 0) is 9.59 Å². The molecule has 2 saturated heterocycles. The minimum absolute atomic E-state index is 0.120. The summed E-state index contributed by atoms with van der Waals surface area (Å²) in [5, 5.41) is 2.88. The van der Waals surface area contributed by atoms with Crippen molar-refractivity contribution in [3.05, 3.63) is 0 Å². The van der Waals surface area contributed by atoms with Crippen LogP contribution in [0.25, 0.3) is 0 Å². The second-order valence-electron chi connectivity index (χ2n) is 7.11. The highest BCUT2D eigenvalue weighted by molar-refractivity contribution is 6.10. The molecule has 4 fully saturated rings. The van der Waals surface area contributed by atoms with E-state index in [0.717, 1.165) is 18.8 Å². The molecule has 4 rings (SSSR count). The van der Waals surface area contributed by atoms with E-state index in [2.05, 4.69) is 5.32 Å². The first-order chi connectivity index (χ1) is 10.0. The maximum atomic E-state index is 12.7. The van der Waals surface area contributed by atoms with Gasteiger partial charge in [0.1, 0.15) is 11.6 Å². The molecule has 0 aromatic carbocycles. The van der Waals surface area contributed by atoms with Crippen LogP contribution in [0, 0.1) is 11.8 Å². The molecule has 6 heteroatoms. The molecule has 0 aromatic heterocycles. The van der Waals surface area contributed by atoms with Crippen LogP contribution >= 0.6 is 0 Å². The molecule has 4 amide bonds. The summed E-state index contributed by atoms with van der Waals surface area (Å²) in [5.41, 5.74) is -0.696. The highest BCUT2D eigenvalue weighted by Gasteiger charge is 2.62. The van der Waals surface area contributed by atoms with Crippen LogP contribution in [-0.4, -0.2) is 52.8 Å². The lowest BCUT2D eigenvalue weighted by molar-refractivity contribution is -0.143. The third-order valence-electron chi connectivity index (χ3n) is 5.94. The van der Waals surface area contributed by atoms with Gasteiger partial charge in [0.2, 0.25) is 5.91 Å². The van der Waals surface area contributed by atoms with Crippen LogP contribution < -0.4 is 5.32 Å². The Morgan fingerprint density at radius 3 is 2.33 bits per heavy atom. The highest BCUT2D eigenvalue weighted by Crippen LogP contribution is 2.51. The average Bonchev–Trinajstić information content (AvgIpc) is 2.78. The Hall–Kier alpha value is -1.59. The Morgan fingerprint density at radius 2 is 1.81 bits per heavy atom. The van der Waals surface area contributed by atoms with Crippen molar-refractivity contribution in [2.24, 2.45) is 11.8 Å². The van der Waals surface area contributed by atoms with E-state index in [1.54, 1.807) is 11.9 Å². The number of carbonyl (C=O) groups is 3. The lowest BCUT2D eigenvalue weighted by Crippen LogP contribution is -2.59. The zero-order valence-electron chi connectivity index (χ0n) is 12.3. The van der Waals surface area contributed by atoms with Gasteiger partial charge in [0.15, 0.2) is 0 Å². The third kappa shape index (κ3) is 1.67. The first-order valence-corrected chi connectivity index (χ1v) is 7.93. The van der Waals surface area contributed by atoms with Crippen LogP contribution in [0.1, 0.15) is 38.5 Å². The van der Waals surface area contributed by atoms with Gasteiger partial charge < -0.3 is 10.2 Å². The van der Waals surface area contributed by atoms with Gasteiger partial charge in [-0.15, -0.1) is 0 Å². The van der Waals surface area contributed by atoms with Gasteiger partial charge in [-0.2, -0.15) is 0 Å². The number of hydrogen-bond acceptors (Lipinski definition) is 3. The molecule has 1 spiro atoms. The number of nitrogens with zero attached hydrogens (tertiary/aromatic N) is 2. The molecule has 1 N–H and O–H groups in total. The van der Waals surface area contributed by atoms with Gasteiger partial charge in [0.05, 0.1) is 0 Å². The summed E-state index contributed by atoms with van der Waals surface area (Å²) in [4.78, 5) is 39.8. The second-order valence-corrected chi connectivity index (χ2v) is 7.11. The largest absolute Gasteiger partial charge is 0.344 e. The van der Waals surface area contributed by atoms with Crippen molar-refractivity contribution in [2.75, 3.05) is 13.6 Å². The number of amides is 4. The van der Waals surface area contributed by atoms with Gasteiger partial charge in [0, 0.05) is 13.6 Å². The Kier molecular flexibility index (Phi) is 2.63. The highest BCUT2D eigenvalue weighted by atomic mass is 16.2. The van der Waals surface area contributed by atoms with Crippen molar-refractivity contribution in [1.82, 2.24) is 15.1 Å². The predicted octanol–water partition coefficient (Wildman–Crippen LogP) is 0.718. The Balaban J connectivity index is 1.49. The first kappa shape index (κ1) is 13.1. The van der Waals surface area contributed by atoms with E-state index in [-0.39, 0.29) is 17.8 Å². The second kappa shape index (κ2) is 4.21. The normalized spacial score (nSPS) is 39.8. The van der Waals surface area contributed by atoms with E-state index in [1.165, 1.54) is 24.2 Å². The summed E-state index contributed by atoms with van der Waals surface area (Å²) in [6, 6.07) is -0.967. The summed E-state index contributed by atoms with van der Waals surface area (Å²) < 4.78 is 0. The molecular formula is C15H21N3O3. The SMILES string of the molecule is CN1CCC(N2C(=O)NC3(CC(C4CCC4)C3)C2=O)C1=O. The molecule has 2 aliphatic heterocycles. The number of hydrogen-bond donors (Lipinski definition) is 1. The van der Waals surface area contributed by atoms with Crippen LogP contribution in [0.5, 0.6) is 0 Å². The molecule has 2 saturated carbocycles. The Bertz CT molecular complexity index is 522. The lowest BCUT2D eigenvalue weighted by Gasteiger charge is -2.49. The van der Waals surface area contributed by atoms with E-state index in [0.29, 0.717) is 18.9 Å². The van der Waals surface area contributed by atoms with Crippen molar-refractivity contribution < 1.29 is 14.4 Å². The maximum Gasteiger partial charge on any atom is 0.325 e. The first-order valence-electron chi connectivity index (χ1n) is 7.93. The minimum Gasteiger partial charge on any atom is -0.344 e. The zero-order chi connectivity index (χ0) is 14.8. The van der Waals surface area contributed by atoms with Gasteiger partial charge in [-0.25, -0.2) is 9.69 Å². The van der Waals surface area contributed by atoms with E-state index < -0.39 is 11.6 Å². The summed E-state index contributed by atoms with van der Waals surface area (Å²) in [6.45, 7) is 0.609. The van der Waals surface area contributed by atoms with Crippen LogP contribution in [0.15, 0.2) is 0 Å². The number of rotatable bonds is 2. The summed E-state index contributed by atoms with van der Waals surface area (Å²) >= 11 is 0. The molecule has 0 aromatic rings. The van der Waals surface area contributed by atoms with E-state index in [1.807, 2.05) is 0 Å². The molecule has 1 atom stereocenters. The fourth-order valence-electron chi connectivity index (χ4n) is 4.32. The van der Waals surface area contributed by atoms with E-state index >= 15 is 0 Å². The molecule has 0 radical (unpaired) electrons. The Labute approximate surface area is 123 Å². The van der Waals surface area contributed by atoms with Crippen molar-refractivity contribution >= 4 is 17.8 Å². The quantitative estimate of drug-likeness (QED) is 0.762. The summed E-state index contributed by atoms with van der Waals surface area (Å²) in [6.07, 6.45) is 5.89. The number of nitrogens with one attached hydrogen (secondary N) is 1.